The molecule has 0 heterocycles. The van der Waals surface area contributed by atoms with Gasteiger partial charge in [-0.3, -0.25) is 0 Å². The van der Waals surface area contributed by atoms with Crippen molar-refractivity contribution < 1.29 is 0 Å². The Morgan fingerprint density at radius 3 is 2.08 bits per heavy atom. The molecule has 0 amide bonds. The predicted octanol–water partition coefficient (Wildman–Crippen LogP) is 4.48. The first kappa shape index (κ1) is 12.5. The van der Waals surface area contributed by atoms with Crippen molar-refractivity contribution in [1.29, 1.82) is 0 Å². The van der Waals surface area contributed by atoms with Gasteiger partial charge in [-0.15, -0.1) is 0 Å². The molecule has 0 nitrogen and oxygen atoms in total. The zero-order valence-corrected chi connectivity index (χ0v) is 10.5. The molecule has 0 aromatic rings. The van der Waals surface area contributed by atoms with E-state index in [2.05, 4.69) is 43.6 Å². The van der Waals surface area contributed by atoms with Crippen LogP contribution in [0, 0.1) is 17.8 Å². The number of halogens is 1. The number of alkyl halides is 1. The molecule has 12 heavy (non-hydrogen) atoms. The molecule has 0 aliphatic rings. The smallest absolute Gasteiger partial charge is 0.00623 e. The Bertz CT molecular complexity index is 101. The molecule has 0 saturated heterocycles. The van der Waals surface area contributed by atoms with E-state index in [4.69, 9.17) is 0 Å². The molecule has 74 valence electrons. The maximum absolute atomic E-state index is 3.61. The largest absolute Gasteiger partial charge is 0.0925 e. The van der Waals surface area contributed by atoms with Crippen LogP contribution in [0.4, 0.5) is 0 Å². The van der Waals surface area contributed by atoms with Gasteiger partial charge in [0.1, 0.15) is 0 Å². The summed E-state index contributed by atoms with van der Waals surface area (Å²) in [5, 5.41) is 1.17. The molecule has 0 aromatic carbocycles. The van der Waals surface area contributed by atoms with Gasteiger partial charge in [-0.1, -0.05) is 56.5 Å². The standard InChI is InChI=1S/C11H23Br/c1-5-7-11(8-12)10(4)9(3)6-2/h9-11H,5-8H2,1-4H3. The van der Waals surface area contributed by atoms with E-state index < -0.39 is 0 Å². The van der Waals surface area contributed by atoms with Crippen LogP contribution < -0.4 is 0 Å². The molecule has 0 bridgehead atoms. The minimum Gasteiger partial charge on any atom is -0.0925 e. The van der Waals surface area contributed by atoms with E-state index in [0.29, 0.717) is 0 Å². The summed E-state index contributed by atoms with van der Waals surface area (Å²) in [7, 11) is 0. The summed E-state index contributed by atoms with van der Waals surface area (Å²) in [6, 6.07) is 0. The van der Waals surface area contributed by atoms with Gasteiger partial charge in [0.15, 0.2) is 0 Å². The SMILES string of the molecule is CCCC(CBr)C(C)C(C)CC. The molecule has 1 heteroatoms. The lowest BCUT2D eigenvalue weighted by atomic mass is 9.81. The van der Waals surface area contributed by atoms with E-state index in [9.17, 15) is 0 Å². The van der Waals surface area contributed by atoms with Crippen molar-refractivity contribution >= 4 is 15.9 Å². The summed E-state index contributed by atoms with van der Waals surface area (Å²) in [6.45, 7) is 9.34. The van der Waals surface area contributed by atoms with Crippen LogP contribution in [0.15, 0.2) is 0 Å². The van der Waals surface area contributed by atoms with Crippen molar-refractivity contribution in [2.24, 2.45) is 17.8 Å². The van der Waals surface area contributed by atoms with E-state index in [1.54, 1.807) is 0 Å². The van der Waals surface area contributed by atoms with Crippen LogP contribution in [0.25, 0.3) is 0 Å². The lowest BCUT2D eigenvalue weighted by Gasteiger charge is -2.26. The Morgan fingerprint density at radius 1 is 1.17 bits per heavy atom. The first-order valence-electron chi connectivity index (χ1n) is 5.23. The van der Waals surface area contributed by atoms with Crippen LogP contribution in [-0.2, 0) is 0 Å². The van der Waals surface area contributed by atoms with Crippen molar-refractivity contribution in [3.8, 4) is 0 Å². The van der Waals surface area contributed by atoms with Crippen molar-refractivity contribution in [3.05, 3.63) is 0 Å². The van der Waals surface area contributed by atoms with Gasteiger partial charge in [-0.05, 0) is 24.2 Å². The Hall–Kier alpha value is 0.480. The molecule has 0 saturated carbocycles. The second-order valence-electron chi connectivity index (χ2n) is 3.95. The third-order valence-corrected chi connectivity index (χ3v) is 3.97. The lowest BCUT2D eigenvalue weighted by Crippen LogP contribution is -2.19. The topological polar surface area (TPSA) is 0 Å². The fourth-order valence-electron chi connectivity index (χ4n) is 1.69. The van der Waals surface area contributed by atoms with Crippen molar-refractivity contribution in [1.82, 2.24) is 0 Å². The van der Waals surface area contributed by atoms with Crippen LogP contribution >= 0.6 is 15.9 Å². The quantitative estimate of drug-likeness (QED) is 0.595. The van der Waals surface area contributed by atoms with E-state index in [1.165, 1.54) is 24.6 Å². The molecule has 0 rings (SSSR count). The summed E-state index contributed by atoms with van der Waals surface area (Å²) in [4.78, 5) is 0. The maximum atomic E-state index is 3.61. The summed E-state index contributed by atoms with van der Waals surface area (Å²) >= 11 is 3.61. The maximum Gasteiger partial charge on any atom is 0.00623 e. The zero-order valence-electron chi connectivity index (χ0n) is 8.94. The molecule has 0 fully saturated rings. The predicted molar refractivity (Wildman–Crippen MR) is 60.8 cm³/mol. The minimum atomic E-state index is 0.870. The second kappa shape index (κ2) is 6.94. The number of hydrogen-bond acceptors (Lipinski definition) is 0. The van der Waals surface area contributed by atoms with Gasteiger partial charge in [-0.25, -0.2) is 0 Å². The number of hydrogen-bond donors (Lipinski definition) is 0. The molecule has 0 aliphatic heterocycles. The molecule has 0 spiro atoms. The lowest BCUT2D eigenvalue weighted by molar-refractivity contribution is 0.264. The monoisotopic (exact) mass is 234 g/mol. The molecule has 0 radical (unpaired) electrons. The van der Waals surface area contributed by atoms with Gasteiger partial charge in [0, 0.05) is 5.33 Å². The average Bonchev–Trinajstić information content (AvgIpc) is 2.11. The first-order valence-corrected chi connectivity index (χ1v) is 6.35. The fourth-order valence-corrected chi connectivity index (χ4v) is 2.60. The summed E-state index contributed by atoms with van der Waals surface area (Å²) in [5.41, 5.74) is 0. The normalized spacial score (nSPS) is 18.8. The minimum absolute atomic E-state index is 0.870. The third-order valence-electron chi connectivity index (χ3n) is 3.14. The van der Waals surface area contributed by atoms with Crippen molar-refractivity contribution in [3.63, 3.8) is 0 Å². The van der Waals surface area contributed by atoms with Gasteiger partial charge in [0.05, 0.1) is 0 Å². The molecule has 0 aliphatic carbocycles. The second-order valence-corrected chi connectivity index (χ2v) is 4.60. The van der Waals surface area contributed by atoms with E-state index >= 15 is 0 Å². The van der Waals surface area contributed by atoms with Gasteiger partial charge in [-0.2, -0.15) is 0 Å². The van der Waals surface area contributed by atoms with Crippen LogP contribution in [0.5, 0.6) is 0 Å². The molecular weight excluding hydrogens is 212 g/mol. The highest BCUT2D eigenvalue weighted by Gasteiger charge is 2.19. The Kier molecular flexibility index (Phi) is 7.22. The Morgan fingerprint density at radius 2 is 1.75 bits per heavy atom. The molecule has 3 unspecified atom stereocenters. The van der Waals surface area contributed by atoms with E-state index in [1.807, 2.05) is 0 Å². The molecule has 3 atom stereocenters. The molecule has 0 aromatic heterocycles. The van der Waals surface area contributed by atoms with E-state index in [-0.39, 0.29) is 0 Å². The van der Waals surface area contributed by atoms with Crippen molar-refractivity contribution in [2.75, 3.05) is 5.33 Å². The highest BCUT2D eigenvalue weighted by Crippen LogP contribution is 2.27. The van der Waals surface area contributed by atoms with E-state index in [0.717, 1.165) is 17.8 Å². The Balaban J connectivity index is 3.91. The summed E-state index contributed by atoms with van der Waals surface area (Å²) < 4.78 is 0. The highest BCUT2D eigenvalue weighted by atomic mass is 79.9. The Labute approximate surface area is 86.3 Å². The third kappa shape index (κ3) is 3.93. The number of rotatable bonds is 6. The molecule has 0 N–H and O–H groups in total. The summed E-state index contributed by atoms with van der Waals surface area (Å²) in [5.74, 6) is 2.62. The fraction of sp³-hybridized carbons (Fsp3) is 1.00. The van der Waals surface area contributed by atoms with Gasteiger partial charge < -0.3 is 0 Å². The van der Waals surface area contributed by atoms with Gasteiger partial charge in [0.25, 0.3) is 0 Å². The molecular formula is C11H23Br. The highest BCUT2D eigenvalue weighted by molar-refractivity contribution is 9.09. The van der Waals surface area contributed by atoms with Gasteiger partial charge >= 0.3 is 0 Å². The zero-order chi connectivity index (χ0) is 9.56. The van der Waals surface area contributed by atoms with Crippen LogP contribution in [0.3, 0.4) is 0 Å². The first-order chi connectivity index (χ1) is 5.67. The van der Waals surface area contributed by atoms with Gasteiger partial charge in [0.2, 0.25) is 0 Å². The van der Waals surface area contributed by atoms with Crippen LogP contribution in [0.2, 0.25) is 0 Å². The van der Waals surface area contributed by atoms with Crippen LogP contribution in [-0.4, -0.2) is 5.33 Å². The summed E-state index contributed by atoms with van der Waals surface area (Å²) in [6.07, 6.45) is 4.00. The van der Waals surface area contributed by atoms with Crippen molar-refractivity contribution in [2.45, 2.75) is 47.0 Å². The average molecular weight is 235 g/mol. The van der Waals surface area contributed by atoms with Crippen LogP contribution in [0.1, 0.15) is 47.0 Å².